The van der Waals surface area contributed by atoms with Crippen molar-refractivity contribution in [2.75, 3.05) is 31.6 Å². The Hall–Kier alpha value is -1.03. The Labute approximate surface area is 84.7 Å². The lowest BCUT2D eigenvalue weighted by molar-refractivity contribution is 0.377. The Morgan fingerprint density at radius 1 is 1.50 bits per heavy atom. The van der Waals surface area contributed by atoms with Crippen LogP contribution in [0.2, 0.25) is 0 Å². The smallest absolute Gasteiger partial charge is 0.202 e. The summed E-state index contributed by atoms with van der Waals surface area (Å²) in [6, 6.07) is 0. The van der Waals surface area contributed by atoms with Crippen molar-refractivity contribution in [3.05, 3.63) is 12.4 Å². The maximum atomic E-state index is 4.24. The molecule has 4 nitrogen and oxygen atoms in total. The first kappa shape index (κ1) is 9.52. The van der Waals surface area contributed by atoms with Crippen LogP contribution in [0.15, 0.2) is 12.4 Å². The van der Waals surface area contributed by atoms with Gasteiger partial charge in [0.05, 0.1) is 0 Å². The Kier molecular flexibility index (Phi) is 3.03. The summed E-state index contributed by atoms with van der Waals surface area (Å²) >= 11 is 0. The SMILES string of the molecule is CN(CC1CCNCC1)c1ncc[nH]1. The van der Waals surface area contributed by atoms with Gasteiger partial charge in [-0.05, 0) is 31.8 Å². The molecule has 1 aliphatic heterocycles. The first-order valence-electron chi connectivity index (χ1n) is 5.27. The summed E-state index contributed by atoms with van der Waals surface area (Å²) in [5, 5.41) is 3.38. The van der Waals surface area contributed by atoms with Crippen LogP contribution in [0.5, 0.6) is 0 Å². The third-order valence-electron chi connectivity index (χ3n) is 2.84. The second-order valence-corrected chi connectivity index (χ2v) is 3.99. The monoisotopic (exact) mass is 194 g/mol. The van der Waals surface area contributed by atoms with E-state index < -0.39 is 0 Å². The van der Waals surface area contributed by atoms with E-state index in [-0.39, 0.29) is 0 Å². The number of nitrogens with one attached hydrogen (secondary N) is 2. The maximum Gasteiger partial charge on any atom is 0.202 e. The minimum atomic E-state index is 0.811. The highest BCUT2D eigenvalue weighted by molar-refractivity contribution is 5.27. The fourth-order valence-electron chi connectivity index (χ4n) is 2.00. The van der Waals surface area contributed by atoms with Crippen molar-refractivity contribution in [2.24, 2.45) is 5.92 Å². The lowest BCUT2D eigenvalue weighted by atomic mass is 9.98. The number of aromatic amines is 1. The van der Waals surface area contributed by atoms with Crippen LogP contribution in [-0.4, -0.2) is 36.6 Å². The van der Waals surface area contributed by atoms with Crippen molar-refractivity contribution < 1.29 is 0 Å². The Morgan fingerprint density at radius 2 is 2.29 bits per heavy atom. The molecule has 1 saturated heterocycles. The van der Waals surface area contributed by atoms with Crippen LogP contribution < -0.4 is 10.2 Å². The topological polar surface area (TPSA) is 44.0 Å². The third-order valence-corrected chi connectivity index (χ3v) is 2.84. The first-order valence-corrected chi connectivity index (χ1v) is 5.27. The van der Waals surface area contributed by atoms with Crippen molar-refractivity contribution in [1.29, 1.82) is 0 Å². The van der Waals surface area contributed by atoms with Crippen molar-refractivity contribution in [2.45, 2.75) is 12.8 Å². The normalized spacial score (nSPS) is 18.4. The molecule has 1 aromatic heterocycles. The van der Waals surface area contributed by atoms with Crippen LogP contribution >= 0.6 is 0 Å². The number of H-pyrrole nitrogens is 1. The number of aromatic nitrogens is 2. The molecule has 4 heteroatoms. The van der Waals surface area contributed by atoms with E-state index in [1.54, 1.807) is 6.20 Å². The molecule has 0 bridgehead atoms. The van der Waals surface area contributed by atoms with Gasteiger partial charge in [0, 0.05) is 26.0 Å². The van der Waals surface area contributed by atoms with Gasteiger partial charge in [0.25, 0.3) is 0 Å². The number of hydrogen-bond acceptors (Lipinski definition) is 3. The maximum absolute atomic E-state index is 4.24. The lowest BCUT2D eigenvalue weighted by Gasteiger charge is -2.27. The standard InChI is InChI=1S/C10H18N4/c1-14(10-12-6-7-13-10)8-9-2-4-11-5-3-9/h6-7,9,11H,2-5,8H2,1H3,(H,12,13). The summed E-state index contributed by atoms with van der Waals surface area (Å²) in [7, 11) is 2.10. The van der Waals surface area contributed by atoms with Gasteiger partial charge in [-0.25, -0.2) is 4.98 Å². The summed E-state index contributed by atoms with van der Waals surface area (Å²) in [5.74, 6) is 1.79. The molecule has 0 atom stereocenters. The zero-order valence-electron chi connectivity index (χ0n) is 8.66. The molecule has 0 spiro atoms. The van der Waals surface area contributed by atoms with E-state index in [9.17, 15) is 0 Å². The van der Waals surface area contributed by atoms with E-state index in [0.29, 0.717) is 0 Å². The summed E-state index contributed by atoms with van der Waals surface area (Å²) in [5.41, 5.74) is 0. The highest BCUT2D eigenvalue weighted by Gasteiger charge is 2.15. The van der Waals surface area contributed by atoms with Crippen molar-refractivity contribution in [1.82, 2.24) is 15.3 Å². The zero-order valence-corrected chi connectivity index (χ0v) is 8.66. The van der Waals surface area contributed by atoms with E-state index in [0.717, 1.165) is 31.5 Å². The summed E-state index contributed by atoms with van der Waals surface area (Å²) in [6.45, 7) is 3.43. The van der Waals surface area contributed by atoms with Crippen LogP contribution in [-0.2, 0) is 0 Å². The fraction of sp³-hybridized carbons (Fsp3) is 0.700. The van der Waals surface area contributed by atoms with Crippen LogP contribution in [0, 0.1) is 5.92 Å². The Balaban J connectivity index is 1.84. The van der Waals surface area contributed by atoms with Gasteiger partial charge in [-0.15, -0.1) is 0 Å². The van der Waals surface area contributed by atoms with Gasteiger partial charge in [-0.1, -0.05) is 0 Å². The molecule has 1 fully saturated rings. The average Bonchev–Trinajstić information content (AvgIpc) is 2.72. The number of hydrogen-bond donors (Lipinski definition) is 2. The predicted octanol–water partition coefficient (Wildman–Crippen LogP) is 0.845. The average molecular weight is 194 g/mol. The van der Waals surface area contributed by atoms with Crippen LogP contribution in [0.25, 0.3) is 0 Å². The van der Waals surface area contributed by atoms with Gasteiger partial charge < -0.3 is 15.2 Å². The van der Waals surface area contributed by atoms with E-state index in [2.05, 4.69) is 27.2 Å². The zero-order chi connectivity index (χ0) is 9.80. The number of nitrogens with zero attached hydrogens (tertiary/aromatic N) is 2. The quantitative estimate of drug-likeness (QED) is 0.749. The second kappa shape index (κ2) is 4.46. The molecule has 2 rings (SSSR count). The van der Waals surface area contributed by atoms with Gasteiger partial charge in [-0.3, -0.25) is 0 Å². The summed E-state index contributed by atoms with van der Waals surface area (Å²) < 4.78 is 0. The molecule has 2 N–H and O–H groups in total. The van der Waals surface area contributed by atoms with E-state index in [4.69, 9.17) is 0 Å². The van der Waals surface area contributed by atoms with Gasteiger partial charge >= 0.3 is 0 Å². The second-order valence-electron chi connectivity index (χ2n) is 3.99. The predicted molar refractivity (Wildman–Crippen MR) is 57.5 cm³/mol. The Morgan fingerprint density at radius 3 is 2.93 bits per heavy atom. The molecule has 2 heterocycles. The number of imidazole rings is 1. The number of anilines is 1. The molecule has 14 heavy (non-hydrogen) atoms. The minimum absolute atomic E-state index is 0.811. The van der Waals surface area contributed by atoms with Gasteiger partial charge in [-0.2, -0.15) is 0 Å². The number of piperidine rings is 1. The van der Waals surface area contributed by atoms with Gasteiger partial charge in [0.15, 0.2) is 0 Å². The molecule has 0 unspecified atom stereocenters. The van der Waals surface area contributed by atoms with Crippen molar-refractivity contribution in [3.63, 3.8) is 0 Å². The first-order chi connectivity index (χ1) is 6.86. The van der Waals surface area contributed by atoms with Gasteiger partial charge in [0.1, 0.15) is 0 Å². The van der Waals surface area contributed by atoms with Crippen LogP contribution in [0.3, 0.4) is 0 Å². The highest BCUT2D eigenvalue weighted by Crippen LogP contribution is 2.14. The lowest BCUT2D eigenvalue weighted by Crippen LogP contribution is -2.34. The molecule has 0 aromatic carbocycles. The largest absolute Gasteiger partial charge is 0.345 e. The number of rotatable bonds is 3. The highest BCUT2D eigenvalue weighted by atomic mass is 15.2. The summed E-state index contributed by atoms with van der Waals surface area (Å²) in [6.07, 6.45) is 6.23. The van der Waals surface area contributed by atoms with E-state index in [1.165, 1.54) is 12.8 Å². The molecule has 0 saturated carbocycles. The molecule has 78 valence electrons. The molecule has 0 aliphatic carbocycles. The molecular formula is C10H18N4. The fourth-order valence-corrected chi connectivity index (χ4v) is 2.00. The van der Waals surface area contributed by atoms with Crippen molar-refractivity contribution in [3.8, 4) is 0 Å². The van der Waals surface area contributed by atoms with Gasteiger partial charge in [0.2, 0.25) is 5.95 Å². The van der Waals surface area contributed by atoms with Crippen LogP contribution in [0.4, 0.5) is 5.95 Å². The Bertz CT molecular complexity index is 251. The minimum Gasteiger partial charge on any atom is -0.345 e. The molecular weight excluding hydrogens is 176 g/mol. The molecule has 0 radical (unpaired) electrons. The molecule has 1 aromatic rings. The molecule has 0 amide bonds. The van der Waals surface area contributed by atoms with E-state index in [1.807, 2.05) is 6.20 Å². The summed E-state index contributed by atoms with van der Waals surface area (Å²) in [4.78, 5) is 9.57. The third kappa shape index (κ3) is 2.26. The van der Waals surface area contributed by atoms with E-state index >= 15 is 0 Å². The molecule has 1 aliphatic rings. The van der Waals surface area contributed by atoms with Crippen molar-refractivity contribution >= 4 is 5.95 Å². The van der Waals surface area contributed by atoms with Crippen LogP contribution in [0.1, 0.15) is 12.8 Å².